The van der Waals surface area contributed by atoms with E-state index in [-0.39, 0.29) is 12.4 Å². The second kappa shape index (κ2) is 5.87. The van der Waals surface area contributed by atoms with Crippen LogP contribution < -0.4 is 5.32 Å². The third-order valence-corrected chi connectivity index (χ3v) is 3.32. The highest BCUT2D eigenvalue weighted by molar-refractivity contribution is 5.28. The molecule has 0 aliphatic heterocycles. The molecule has 0 aliphatic rings. The van der Waals surface area contributed by atoms with Gasteiger partial charge in [-0.3, -0.25) is 0 Å². The second-order valence-corrected chi connectivity index (χ2v) is 4.88. The van der Waals surface area contributed by atoms with Crippen molar-refractivity contribution in [3.05, 3.63) is 65.7 Å². The Hall–Kier alpha value is -1.84. The molecular weight excluding hydrogens is 238 g/mol. The summed E-state index contributed by atoms with van der Waals surface area (Å²) in [5, 5.41) is 22.4. The number of phenolic OH excluding ortho intramolecular Hbond substituents is 1. The topological polar surface area (TPSA) is 52.5 Å². The van der Waals surface area contributed by atoms with Crippen molar-refractivity contribution in [1.82, 2.24) is 5.32 Å². The van der Waals surface area contributed by atoms with Gasteiger partial charge in [0.2, 0.25) is 0 Å². The zero-order valence-corrected chi connectivity index (χ0v) is 11.0. The van der Waals surface area contributed by atoms with Crippen LogP contribution >= 0.6 is 0 Å². The first-order valence-corrected chi connectivity index (χ1v) is 6.33. The van der Waals surface area contributed by atoms with Crippen molar-refractivity contribution in [2.45, 2.75) is 19.0 Å². The first-order valence-electron chi connectivity index (χ1n) is 6.33. The highest BCUT2D eigenvalue weighted by Crippen LogP contribution is 2.21. The van der Waals surface area contributed by atoms with Crippen LogP contribution in [0.25, 0.3) is 0 Å². The Morgan fingerprint density at radius 1 is 1.05 bits per heavy atom. The lowest BCUT2D eigenvalue weighted by atomic mass is 9.92. The molecule has 0 saturated heterocycles. The largest absolute Gasteiger partial charge is 0.508 e. The Kier molecular flexibility index (Phi) is 4.20. The summed E-state index contributed by atoms with van der Waals surface area (Å²) in [4.78, 5) is 0. The van der Waals surface area contributed by atoms with Crippen molar-refractivity contribution < 1.29 is 10.2 Å². The normalized spacial score (nSPS) is 14.0. The van der Waals surface area contributed by atoms with Crippen molar-refractivity contribution in [2.24, 2.45) is 0 Å². The maximum absolute atomic E-state index is 9.66. The smallest absolute Gasteiger partial charge is 0.115 e. The van der Waals surface area contributed by atoms with Gasteiger partial charge in [0, 0.05) is 6.54 Å². The number of hydrogen-bond donors (Lipinski definition) is 3. The van der Waals surface area contributed by atoms with Crippen molar-refractivity contribution >= 4 is 0 Å². The summed E-state index contributed by atoms with van der Waals surface area (Å²) in [7, 11) is 0. The SMILES string of the molecule is CC(CO)(NCc1cccc(O)c1)c1ccccc1. The van der Waals surface area contributed by atoms with Crippen LogP contribution in [-0.4, -0.2) is 16.8 Å². The molecule has 0 amide bonds. The van der Waals surface area contributed by atoms with Gasteiger partial charge in [0.25, 0.3) is 0 Å². The van der Waals surface area contributed by atoms with Crippen molar-refractivity contribution in [3.63, 3.8) is 0 Å². The van der Waals surface area contributed by atoms with E-state index in [1.807, 2.05) is 49.4 Å². The van der Waals surface area contributed by atoms with Gasteiger partial charge in [-0.1, -0.05) is 42.5 Å². The molecule has 3 nitrogen and oxygen atoms in total. The van der Waals surface area contributed by atoms with Crippen LogP contribution in [-0.2, 0) is 12.1 Å². The summed E-state index contributed by atoms with van der Waals surface area (Å²) in [6.45, 7) is 2.56. The predicted molar refractivity (Wildman–Crippen MR) is 75.8 cm³/mol. The minimum atomic E-state index is -0.493. The van der Waals surface area contributed by atoms with Gasteiger partial charge < -0.3 is 15.5 Å². The molecule has 3 heteroatoms. The lowest BCUT2D eigenvalue weighted by Gasteiger charge is -2.29. The summed E-state index contributed by atoms with van der Waals surface area (Å²) >= 11 is 0. The quantitative estimate of drug-likeness (QED) is 0.771. The van der Waals surface area contributed by atoms with E-state index in [1.54, 1.807) is 12.1 Å². The van der Waals surface area contributed by atoms with E-state index in [4.69, 9.17) is 0 Å². The number of aromatic hydroxyl groups is 1. The number of hydrogen-bond acceptors (Lipinski definition) is 3. The molecule has 2 aromatic carbocycles. The molecular formula is C16H19NO2. The molecule has 100 valence electrons. The molecule has 3 N–H and O–H groups in total. The third-order valence-electron chi connectivity index (χ3n) is 3.32. The standard InChI is InChI=1S/C16H19NO2/c1-16(12-18,14-7-3-2-4-8-14)17-11-13-6-5-9-15(19)10-13/h2-10,17-19H,11-12H2,1H3. The maximum atomic E-state index is 9.66. The molecule has 0 fully saturated rings. The van der Waals surface area contributed by atoms with Crippen molar-refractivity contribution in [2.75, 3.05) is 6.61 Å². The summed E-state index contributed by atoms with van der Waals surface area (Å²) in [5.41, 5.74) is 1.53. The fourth-order valence-electron chi connectivity index (χ4n) is 2.02. The third kappa shape index (κ3) is 3.34. The minimum Gasteiger partial charge on any atom is -0.508 e. The van der Waals surface area contributed by atoms with Crippen LogP contribution in [0.3, 0.4) is 0 Å². The number of rotatable bonds is 5. The molecule has 0 heterocycles. The summed E-state index contributed by atoms with van der Waals surface area (Å²) in [6, 6.07) is 17.0. The van der Waals surface area contributed by atoms with Crippen LogP contribution in [0.15, 0.2) is 54.6 Å². The van der Waals surface area contributed by atoms with E-state index in [9.17, 15) is 10.2 Å². The molecule has 0 aromatic heterocycles. The summed E-state index contributed by atoms with van der Waals surface area (Å²) < 4.78 is 0. The van der Waals surface area contributed by atoms with Gasteiger partial charge in [0.15, 0.2) is 0 Å². The molecule has 1 atom stereocenters. The molecule has 0 aliphatic carbocycles. The molecule has 0 spiro atoms. The van der Waals surface area contributed by atoms with Crippen LogP contribution in [0, 0.1) is 0 Å². The summed E-state index contributed by atoms with van der Waals surface area (Å²) in [6.07, 6.45) is 0. The molecule has 2 aromatic rings. The van der Waals surface area contributed by atoms with Crippen LogP contribution in [0.5, 0.6) is 5.75 Å². The predicted octanol–water partition coefficient (Wildman–Crippen LogP) is 2.39. The fraction of sp³-hybridized carbons (Fsp3) is 0.250. The number of nitrogens with one attached hydrogen (secondary N) is 1. The van der Waals surface area contributed by atoms with E-state index < -0.39 is 5.54 Å². The Balaban J connectivity index is 2.11. The van der Waals surface area contributed by atoms with Gasteiger partial charge >= 0.3 is 0 Å². The molecule has 0 bridgehead atoms. The fourth-order valence-corrected chi connectivity index (χ4v) is 2.02. The van der Waals surface area contributed by atoms with Crippen LogP contribution in [0.1, 0.15) is 18.1 Å². The van der Waals surface area contributed by atoms with Gasteiger partial charge in [0.05, 0.1) is 12.1 Å². The first kappa shape index (κ1) is 13.6. The van der Waals surface area contributed by atoms with Gasteiger partial charge in [-0.25, -0.2) is 0 Å². The lowest BCUT2D eigenvalue weighted by Crippen LogP contribution is -2.42. The highest BCUT2D eigenvalue weighted by Gasteiger charge is 2.24. The Bertz CT molecular complexity index is 527. The van der Waals surface area contributed by atoms with E-state index in [1.165, 1.54) is 0 Å². The molecule has 1 unspecified atom stereocenters. The van der Waals surface area contributed by atoms with Gasteiger partial charge in [-0.2, -0.15) is 0 Å². The molecule has 19 heavy (non-hydrogen) atoms. The monoisotopic (exact) mass is 257 g/mol. The molecule has 0 radical (unpaired) electrons. The number of benzene rings is 2. The zero-order chi connectivity index (χ0) is 13.7. The first-order chi connectivity index (χ1) is 9.14. The lowest BCUT2D eigenvalue weighted by molar-refractivity contribution is 0.173. The van der Waals surface area contributed by atoms with Crippen molar-refractivity contribution in [1.29, 1.82) is 0 Å². The number of aliphatic hydroxyl groups excluding tert-OH is 1. The van der Waals surface area contributed by atoms with E-state index in [0.717, 1.165) is 11.1 Å². The highest BCUT2D eigenvalue weighted by atomic mass is 16.3. The average Bonchev–Trinajstić information content (AvgIpc) is 2.46. The van der Waals surface area contributed by atoms with Crippen LogP contribution in [0.4, 0.5) is 0 Å². The Morgan fingerprint density at radius 2 is 1.79 bits per heavy atom. The Morgan fingerprint density at radius 3 is 2.42 bits per heavy atom. The second-order valence-electron chi connectivity index (χ2n) is 4.88. The van der Waals surface area contributed by atoms with Gasteiger partial charge in [-0.05, 0) is 30.2 Å². The minimum absolute atomic E-state index is 0.00975. The summed E-state index contributed by atoms with van der Waals surface area (Å²) in [5.74, 6) is 0.254. The molecule has 2 rings (SSSR count). The van der Waals surface area contributed by atoms with E-state index >= 15 is 0 Å². The zero-order valence-electron chi connectivity index (χ0n) is 11.0. The number of phenols is 1. The number of aliphatic hydroxyl groups is 1. The van der Waals surface area contributed by atoms with Gasteiger partial charge in [-0.15, -0.1) is 0 Å². The van der Waals surface area contributed by atoms with Crippen molar-refractivity contribution in [3.8, 4) is 5.75 Å². The Labute approximate surface area is 113 Å². The van der Waals surface area contributed by atoms with E-state index in [2.05, 4.69) is 5.32 Å². The van der Waals surface area contributed by atoms with Crippen LogP contribution in [0.2, 0.25) is 0 Å². The average molecular weight is 257 g/mol. The van der Waals surface area contributed by atoms with E-state index in [0.29, 0.717) is 6.54 Å². The molecule has 0 saturated carbocycles. The van der Waals surface area contributed by atoms with Gasteiger partial charge in [0.1, 0.15) is 5.75 Å². The maximum Gasteiger partial charge on any atom is 0.115 e.